The molecule has 2 aromatic rings. The number of methoxy groups -OCH3 is 1. The molecule has 1 aromatic heterocycles. The standard InChI is InChI=1S/C15H14ClNO3/c1-20-14-9-10(8-11(16)15(14)19)5-6-13(18)12-4-2-3-7-17-12/h2-4,7-9,19H,5-6H2,1H3. The number of Topliss-reactive ketones (excluding diaryl/α,β-unsaturated/α-hetero) is 1. The molecule has 0 amide bonds. The van der Waals surface area contributed by atoms with Gasteiger partial charge in [-0.15, -0.1) is 0 Å². The van der Waals surface area contributed by atoms with E-state index in [-0.39, 0.29) is 16.6 Å². The van der Waals surface area contributed by atoms with Gasteiger partial charge >= 0.3 is 0 Å². The minimum Gasteiger partial charge on any atom is -0.503 e. The third-order valence-electron chi connectivity index (χ3n) is 2.90. The highest BCUT2D eigenvalue weighted by Gasteiger charge is 2.11. The fraction of sp³-hybridized carbons (Fsp3) is 0.200. The smallest absolute Gasteiger partial charge is 0.181 e. The molecule has 0 fully saturated rings. The van der Waals surface area contributed by atoms with E-state index in [2.05, 4.69) is 4.98 Å². The largest absolute Gasteiger partial charge is 0.503 e. The summed E-state index contributed by atoms with van der Waals surface area (Å²) in [6, 6.07) is 8.53. The van der Waals surface area contributed by atoms with Gasteiger partial charge in [-0.2, -0.15) is 0 Å². The van der Waals surface area contributed by atoms with E-state index in [1.165, 1.54) is 7.11 Å². The molecule has 0 unspecified atom stereocenters. The van der Waals surface area contributed by atoms with Crippen LogP contribution in [0.25, 0.3) is 0 Å². The quantitative estimate of drug-likeness (QED) is 0.859. The number of hydrogen-bond donors (Lipinski definition) is 1. The summed E-state index contributed by atoms with van der Waals surface area (Å²) in [7, 11) is 1.45. The van der Waals surface area contributed by atoms with Crippen molar-refractivity contribution in [3.63, 3.8) is 0 Å². The molecule has 0 aliphatic carbocycles. The summed E-state index contributed by atoms with van der Waals surface area (Å²) in [6.07, 6.45) is 2.42. The highest BCUT2D eigenvalue weighted by atomic mass is 35.5. The monoisotopic (exact) mass is 291 g/mol. The Hall–Kier alpha value is -2.07. The van der Waals surface area contributed by atoms with Crippen molar-refractivity contribution in [1.82, 2.24) is 4.98 Å². The van der Waals surface area contributed by atoms with Gasteiger partial charge in [-0.25, -0.2) is 0 Å². The van der Waals surface area contributed by atoms with Crippen molar-refractivity contribution >= 4 is 17.4 Å². The Bertz CT molecular complexity index is 614. The molecule has 4 nitrogen and oxygen atoms in total. The molecule has 0 atom stereocenters. The van der Waals surface area contributed by atoms with Gasteiger partial charge in [-0.1, -0.05) is 17.7 Å². The number of halogens is 1. The van der Waals surface area contributed by atoms with E-state index < -0.39 is 0 Å². The number of aryl methyl sites for hydroxylation is 1. The number of ketones is 1. The van der Waals surface area contributed by atoms with Gasteiger partial charge in [-0.05, 0) is 36.2 Å². The Morgan fingerprint density at radius 2 is 2.20 bits per heavy atom. The number of pyridine rings is 1. The molecule has 0 saturated carbocycles. The van der Waals surface area contributed by atoms with Crippen LogP contribution in [0.3, 0.4) is 0 Å². The van der Waals surface area contributed by atoms with E-state index in [1.807, 2.05) is 0 Å². The van der Waals surface area contributed by atoms with Crippen molar-refractivity contribution in [3.8, 4) is 11.5 Å². The number of aromatic nitrogens is 1. The number of nitrogens with zero attached hydrogens (tertiary/aromatic N) is 1. The number of phenols is 1. The molecule has 0 spiro atoms. The van der Waals surface area contributed by atoms with Crippen LogP contribution in [0.15, 0.2) is 36.5 Å². The second-order valence-electron chi connectivity index (χ2n) is 4.27. The third-order valence-corrected chi connectivity index (χ3v) is 3.19. The second-order valence-corrected chi connectivity index (χ2v) is 4.67. The van der Waals surface area contributed by atoms with Gasteiger partial charge in [0.25, 0.3) is 0 Å². The van der Waals surface area contributed by atoms with Gasteiger partial charge in [0.1, 0.15) is 5.69 Å². The number of phenolic OH excluding ortho intramolecular Hbond substituents is 1. The van der Waals surface area contributed by atoms with E-state index in [9.17, 15) is 9.90 Å². The highest BCUT2D eigenvalue weighted by Crippen LogP contribution is 2.35. The topological polar surface area (TPSA) is 59.4 Å². The summed E-state index contributed by atoms with van der Waals surface area (Å²) >= 11 is 5.90. The van der Waals surface area contributed by atoms with Crippen LogP contribution < -0.4 is 4.74 Å². The minimum absolute atomic E-state index is 0.0336. The Morgan fingerprint density at radius 3 is 2.85 bits per heavy atom. The van der Waals surface area contributed by atoms with Gasteiger partial charge in [0.15, 0.2) is 17.3 Å². The fourth-order valence-corrected chi connectivity index (χ4v) is 2.07. The molecule has 0 aliphatic heterocycles. The Kier molecular flexibility index (Phi) is 4.58. The maximum atomic E-state index is 11.9. The van der Waals surface area contributed by atoms with Gasteiger partial charge in [0, 0.05) is 12.6 Å². The van der Waals surface area contributed by atoms with Crippen LogP contribution in [0.4, 0.5) is 0 Å². The molecule has 1 N–H and O–H groups in total. The number of benzene rings is 1. The molecule has 0 saturated heterocycles. The lowest BCUT2D eigenvalue weighted by Crippen LogP contribution is -2.03. The summed E-state index contributed by atoms with van der Waals surface area (Å²) in [5.74, 6) is 0.181. The van der Waals surface area contributed by atoms with Gasteiger partial charge in [-0.3, -0.25) is 9.78 Å². The van der Waals surface area contributed by atoms with Crippen LogP contribution in [0.1, 0.15) is 22.5 Å². The molecule has 20 heavy (non-hydrogen) atoms. The van der Waals surface area contributed by atoms with Gasteiger partial charge < -0.3 is 9.84 Å². The van der Waals surface area contributed by atoms with Crippen LogP contribution in [-0.4, -0.2) is 23.0 Å². The number of ether oxygens (including phenoxy) is 1. The van der Waals surface area contributed by atoms with Crippen molar-refractivity contribution in [3.05, 3.63) is 52.8 Å². The number of hydrogen-bond acceptors (Lipinski definition) is 4. The lowest BCUT2D eigenvalue weighted by atomic mass is 10.1. The van der Waals surface area contributed by atoms with Crippen LogP contribution in [-0.2, 0) is 6.42 Å². The first-order valence-corrected chi connectivity index (χ1v) is 6.49. The molecule has 104 valence electrons. The van der Waals surface area contributed by atoms with Crippen LogP contribution in [0, 0.1) is 0 Å². The lowest BCUT2D eigenvalue weighted by molar-refractivity contribution is 0.0978. The molecule has 1 aromatic carbocycles. The summed E-state index contributed by atoms with van der Waals surface area (Å²) in [6.45, 7) is 0. The highest BCUT2D eigenvalue weighted by molar-refractivity contribution is 6.32. The van der Waals surface area contributed by atoms with Gasteiger partial charge in [0.05, 0.1) is 12.1 Å². The molecular weight excluding hydrogens is 278 g/mol. The zero-order chi connectivity index (χ0) is 14.5. The van der Waals surface area contributed by atoms with Crippen LogP contribution in [0.5, 0.6) is 11.5 Å². The molecule has 0 aliphatic rings. The SMILES string of the molecule is COc1cc(CCC(=O)c2ccccn2)cc(Cl)c1O. The summed E-state index contributed by atoms with van der Waals surface area (Å²) in [5.41, 5.74) is 1.28. The Labute approximate surface area is 122 Å². The maximum absolute atomic E-state index is 11.9. The zero-order valence-corrected chi connectivity index (χ0v) is 11.7. The van der Waals surface area contributed by atoms with E-state index in [0.717, 1.165) is 5.56 Å². The Balaban J connectivity index is 2.08. The minimum atomic E-state index is -0.0889. The number of carbonyl (C=O) groups excluding carboxylic acids is 1. The summed E-state index contributed by atoms with van der Waals surface area (Å²) in [4.78, 5) is 16.0. The fourth-order valence-electron chi connectivity index (χ4n) is 1.84. The van der Waals surface area contributed by atoms with Crippen molar-refractivity contribution in [2.75, 3.05) is 7.11 Å². The molecule has 0 radical (unpaired) electrons. The number of aromatic hydroxyl groups is 1. The third kappa shape index (κ3) is 3.27. The molecular formula is C15H14ClNO3. The molecule has 2 rings (SSSR count). The van der Waals surface area contributed by atoms with Crippen molar-refractivity contribution < 1.29 is 14.6 Å². The van der Waals surface area contributed by atoms with E-state index in [1.54, 1.807) is 36.5 Å². The van der Waals surface area contributed by atoms with Crippen molar-refractivity contribution in [2.24, 2.45) is 0 Å². The molecule has 5 heteroatoms. The van der Waals surface area contributed by atoms with Crippen molar-refractivity contribution in [2.45, 2.75) is 12.8 Å². The first-order chi connectivity index (χ1) is 9.61. The normalized spacial score (nSPS) is 10.3. The predicted molar refractivity (Wildman–Crippen MR) is 76.6 cm³/mol. The van der Waals surface area contributed by atoms with Gasteiger partial charge in [0.2, 0.25) is 0 Å². The first-order valence-electron chi connectivity index (χ1n) is 6.11. The lowest BCUT2D eigenvalue weighted by Gasteiger charge is -2.08. The number of carbonyl (C=O) groups is 1. The summed E-state index contributed by atoms with van der Waals surface area (Å²) in [5, 5.41) is 9.86. The van der Waals surface area contributed by atoms with E-state index in [0.29, 0.717) is 24.3 Å². The average molecular weight is 292 g/mol. The summed E-state index contributed by atoms with van der Waals surface area (Å²) < 4.78 is 5.03. The zero-order valence-electron chi connectivity index (χ0n) is 11.0. The molecule has 1 heterocycles. The number of rotatable bonds is 5. The Morgan fingerprint density at radius 1 is 1.40 bits per heavy atom. The van der Waals surface area contributed by atoms with E-state index >= 15 is 0 Å². The first kappa shape index (κ1) is 14.3. The second kappa shape index (κ2) is 6.39. The average Bonchev–Trinajstić information content (AvgIpc) is 2.48. The maximum Gasteiger partial charge on any atom is 0.181 e. The van der Waals surface area contributed by atoms with Crippen LogP contribution in [0.2, 0.25) is 5.02 Å². The van der Waals surface area contributed by atoms with Crippen molar-refractivity contribution in [1.29, 1.82) is 0 Å². The predicted octanol–water partition coefficient (Wildman–Crippen LogP) is 3.26. The van der Waals surface area contributed by atoms with E-state index in [4.69, 9.17) is 16.3 Å². The molecule has 0 bridgehead atoms. The van der Waals surface area contributed by atoms with Crippen LogP contribution >= 0.6 is 11.6 Å².